The molecule has 0 amide bonds. The fourth-order valence-electron chi connectivity index (χ4n) is 1.69. The van der Waals surface area contributed by atoms with Gasteiger partial charge in [-0.05, 0) is 24.7 Å². The van der Waals surface area contributed by atoms with Crippen molar-refractivity contribution in [3.8, 4) is 0 Å². The minimum absolute atomic E-state index is 0.670. The predicted molar refractivity (Wildman–Crippen MR) is 73.0 cm³/mol. The maximum absolute atomic E-state index is 5.17. The van der Waals surface area contributed by atoms with Crippen LogP contribution in [0.15, 0.2) is 33.3 Å². The predicted octanol–water partition coefficient (Wildman–Crippen LogP) is 3.03. The molecule has 0 aliphatic heterocycles. The van der Waals surface area contributed by atoms with Gasteiger partial charge in [0.1, 0.15) is 0 Å². The van der Waals surface area contributed by atoms with Crippen LogP contribution >= 0.6 is 15.9 Å². The highest BCUT2D eigenvalue weighted by Gasteiger charge is 2.08. The van der Waals surface area contributed by atoms with Crippen molar-refractivity contribution in [1.29, 1.82) is 0 Å². The van der Waals surface area contributed by atoms with E-state index < -0.39 is 0 Å². The molecule has 0 saturated heterocycles. The average Bonchev–Trinajstić information content (AvgIpc) is 2.79. The highest BCUT2D eigenvalue weighted by molar-refractivity contribution is 9.10. The summed E-state index contributed by atoms with van der Waals surface area (Å²) in [5, 5.41) is 3.89. The van der Waals surface area contributed by atoms with E-state index in [1.165, 1.54) is 5.56 Å². The van der Waals surface area contributed by atoms with Crippen LogP contribution in [0.4, 0.5) is 0 Å². The molecule has 0 saturated carbocycles. The number of aryl methyl sites for hydroxylation is 1. The second kappa shape index (κ2) is 6.11. The van der Waals surface area contributed by atoms with Crippen LogP contribution in [0.3, 0.4) is 0 Å². The van der Waals surface area contributed by atoms with Crippen molar-refractivity contribution >= 4 is 15.9 Å². The molecular weight excluding hydrogens is 294 g/mol. The summed E-state index contributed by atoms with van der Waals surface area (Å²) in [6.45, 7) is 3.54. The van der Waals surface area contributed by atoms with E-state index in [0.717, 1.165) is 23.3 Å². The van der Waals surface area contributed by atoms with E-state index in [0.29, 0.717) is 12.4 Å². The lowest BCUT2D eigenvalue weighted by molar-refractivity contribution is 0.260. The molecule has 5 heteroatoms. The minimum atomic E-state index is 0.670. The fourth-order valence-corrected chi connectivity index (χ4v) is 1.95. The van der Waals surface area contributed by atoms with Crippen molar-refractivity contribution in [1.82, 2.24) is 15.0 Å². The van der Waals surface area contributed by atoms with Gasteiger partial charge in [0, 0.05) is 17.4 Å². The first-order chi connectivity index (χ1) is 8.67. The summed E-state index contributed by atoms with van der Waals surface area (Å²) < 4.78 is 6.27. The van der Waals surface area contributed by atoms with Gasteiger partial charge in [0.25, 0.3) is 0 Å². The van der Waals surface area contributed by atoms with Crippen molar-refractivity contribution in [3.63, 3.8) is 0 Å². The molecule has 1 aromatic heterocycles. The summed E-state index contributed by atoms with van der Waals surface area (Å²) in [4.78, 5) is 6.45. The quantitative estimate of drug-likeness (QED) is 0.851. The SMILES string of the molecule is CCc1noc(CN(C)Cc2ccc(Br)cc2)n1. The summed E-state index contributed by atoms with van der Waals surface area (Å²) in [5.41, 5.74) is 1.26. The van der Waals surface area contributed by atoms with Gasteiger partial charge < -0.3 is 4.52 Å². The third kappa shape index (κ3) is 3.65. The van der Waals surface area contributed by atoms with Crippen molar-refractivity contribution in [2.75, 3.05) is 7.05 Å². The second-order valence-electron chi connectivity index (χ2n) is 4.26. The number of nitrogens with zero attached hydrogens (tertiary/aromatic N) is 3. The molecule has 96 valence electrons. The highest BCUT2D eigenvalue weighted by atomic mass is 79.9. The Bertz CT molecular complexity index is 495. The summed E-state index contributed by atoms with van der Waals surface area (Å²) in [6, 6.07) is 8.30. The second-order valence-corrected chi connectivity index (χ2v) is 5.17. The maximum Gasteiger partial charge on any atom is 0.240 e. The minimum Gasteiger partial charge on any atom is -0.338 e. The Labute approximate surface area is 115 Å². The Hall–Kier alpha value is -1.20. The third-order valence-electron chi connectivity index (χ3n) is 2.60. The van der Waals surface area contributed by atoms with Gasteiger partial charge in [0.2, 0.25) is 5.89 Å². The van der Waals surface area contributed by atoms with Gasteiger partial charge in [0.05, 0.1) is 6.54 Å². The zero-order valence-electron chi connectivity index (χ0n) is 10.6. The van der Waals surface area contributed by atoms with Gasteiger partial charge >= 0.3 is 0 Å². The van der Waals surface area contributed by atoms with E-state index in [9.17, 15) is 0 Å². The Balaban J connectivity index is 1.91. The highest BCUT2D eigenvalue weighted by Crippen LogP contribution is 2.12. The number of rotatable bonds is 5. The topological polar surface area (TPSA) is 42.2 Å². The standard InChI is InChI=1S/C13H16BrN3O/c1-3-12-15-13(18-16-12)9-17(2)8-10-4-6-11(14)7-5-10/h4-7H,3,8-9H2,1-2H3. The lowest BCUT2D eigenvalue weighted by Crippen LogP contribution is -2.17. The molecule has 0 spiro atoms. The van der Waals surface area contributed by atoms with Gasteiger partial charge in [-0.15, -0.1) is 0 Å². The van der Waals surface area contributed by atoms with Crippen LogP contribution in [-0.4, -0.2) is 22.1 Å². The molecule has 0 aliphatic carbocycles. The lowest BCUT2D eigenvalue weighted by Gasteiger charge is -2.14. The lowest BCUT2D eigenvalue weighted by atomic mass is 10.2. The molecule has 0 bridgehead atoms. The van der Waals surface area contributed by atoms with Crippen LogP contribution < -0.4 is 0 Å². The first-order valence-corrected chi connectivity index (χ1v) is 6.71. The molecule has 0 radical (unpaired) electrons. The van der Waals surface area contributed by atoms with Crippen LogP contribution in [0.5, 0.6) is 0 Å². The van der Waals surface area contributed by atoms with Gasteiger partial charge in [-0.25, -0.2) is 0 Å². The monoisotopic (exact) mass is 309 g/mol. The Morgan fingerprint density at radius 3 is 2.56 bits per heavy atom. The molecule has 18 heavy (non-hydrogen) atoms. The number of hydrogen-bond donors (Lipinski definition) is 0. The molecule has 0 fully saturated rings. The number of benzene rings is 1. The Morgan fingerprint density at radius 2 is 1.94 bits per heavy atom. The molecule has 4 nitrogen and oxygen atoms in total. The first kappa shape index (κ1) is 13.2. The Morgan fingerprint density at radius 1 is 1.22 bits per heavy atom. The fraction of sp³-hybridized carbons (Fsp3) is 0.385. The zero-order valence-corrected chi connectivity index (χ0v) is 12.1. The van der Waals surface area contributed by atoms with Crippen molar-refractivity contribution in [2.24, 2.45) is 0 Å². The van der Waals surface area contributed by atoms with E-state index in [1.54, 1.807) is 0 Å². The summed E-state index contributed by atoms with van der Waals surface area (Å²) in [6.07, 6.45) is 0.805. The number of hydrogen-bond acceptors (Lipinski definition) is 4. The first-order valence-electron chi connectivity index (χ1n) is 5.92. The Kier molecular flexibility index (Phi) is 4.49. The molecule has 0 N–H and O–H groups in total. The average molecular weight is 310 g/mol. The third-order valence-corrected chi connectivity index (χ3v) is 3.13. The molecule has 2 aromatic rings. The molecule has 0 unspecified atom stereocenters. The van der Waals surface area contributed by atoms with Crippen LogP contribution in [-0.2, 0) is 19.5 Å². The number of halogens is 1. The largest absolute Gasteiger partial charge is 0.338 e. The normalized spacial score (nSPS) is 11.1. The molecule has 0 aliphatic rings. The van der Waals surface area contributed by atoms with Gasteiger partial charge in [0.15, 0.2) is 5.82 Å². The molecule has 0 atom stereocenters. The maximum atomic E-state index is 5.17. The summed E-state index contributed by atoms with van der Waals surface area (Å²) >= 11 is 3.43. The van der Waals surface area contributed by atoms with E-state index in [4.69, 9.17) is 4.52 Å². The number of aromatic nitrogens is 2. The molecular formula is C13H16BrN3O. The van der Waals surface area contributed by atoms with Crippen molar-refractivity contribution in [2.45, 2.75) is 26.4 Å². The molecule has 1 heterocycles. The molecule has 1 aromatic carbocycles. The van der Waals surface area contributed by atoms with E-state index >= 15 is 0 Å². The zero-order chi connectivity index (χ0) is 13.0. The van der Waals surface area contributed by atoms with Crippen LogP contribution in [0.1, 0.15) is 24.2 Å². The van der Waals surface area contributed by atoms with Crippen LogP contribution in [0, 0.1) is 0 Å². The van der Waals surface area contributed by atoms with Crippen LogP contribution in [0.2, 0.25) is 0 Å². The summed E-state index contributed by atoms with van der Waals surface area (Å²) in [7, 11) is 2.04. The van der Waals surface area contributed by atoms with Crippen LogP contribution in [0.25, 0.3) is 0 Å². The van der Waals surface area contributed by atoms with Crippen molar-refractivity contribution in [3.05, 3.63) is 46.0 Å². The summed E-state index contributed by atoms with van der Waals surface area (Å²) in [5.74, 6) is 1.44. The van der Waals surface area contributed by atoms with Gasteiger partial charge in [-0.2, -0.15) is 4.98 Å². The van der Waals surface area contributed by atoms with Crippen molar-refractivity contribution < 1.29 is 4.52 Å². The van der Waals surface area contributed by atoms with Gasteiger partial charge in [-0.3, -0.25) is 4.90 Å². The smallest absolute Gasteiger partial charge is 0.240 e. The van der Waals surface area contributed by atoms with Gasteiger partial charge in [-0.1, -0.05) is 40.1 Å². The van der Waals surface area contributed by atoms with E-state index in [1.807, 2.05) is 26.1 Å². The van der Waals surface area contributed by atoms with E-state index in [-0.39, 0.29) is 0 Å². The molecule has 2 rings (SSSR count). The van der Waals surface area contributed by atoms with E-state index in [2.05, 4.69) is 43.1 Å².